The molecule has 0 spiro atoms. The van der Waals surface area contributed by atoms with E-state index in [1.54, 1.807) is 12.2 Å². The van der Waals surface area contributed by atoms with Gasteiger partial charge in [0.2, 0.25) is 0 Å². The average Bonchev–Trinajstić information content (AvgIpc) is 2.19. The number of aliphatic hydroxyl groups excluding tert-OH is 1. The minimum absolute atomic E-state index is 0.0442. The van der Waals surface area contributed by atoms with E-state index < -0.39 is 5.97 Å². The van der Waals surface area contributed by atoms with Gasteiger partial charge in [-0.15, -0.1) is 0 Å². The van der Waals surface area contributed by atoms with Crippen molar-refractivity contribution in [1.82, 2.24) is 0 Å². The van der Waals surface area contributed by atoms with Gasteiger partial charge >= 0.3 is 5.97 Å². The summed E-state index contributed by atoms with van der Waals surface area (Å²) >= 11 is 0. The summed E-state index contributed by atoms with van der Waals surface area (Å²) < 4.78 is 0. The molecule has 88 valence electrons. The molecule has 0 amide bonds. The molecule has 1 atom stereocenters. The maximum Gasteiger partial charge on any atom is 0.307 e. The van der Waals surface area contributed by atoms with Gasteiger partial charge in [0.1, 0.15) is 0 Å². The minimum atomic E-state index is -0.830. The number of carboxylic acid groups (broad SMARTS) is 1. The summed E-state index contributed by atoms with van der Waals surface area (Å²) in [5, 5.41) is 17.9. The zero-order chi connectivity index (χ0) is 11.5. The number of hydrogen-bond acceptors (Lipinski definition) is 2. The van der Waals surface area contributed by atoms with E-state index in [1.165, 1.54) is 19.3 Å². The van der Waals surface area contributed by atoms with Crippen molar-refractivity contribution in [3.8, 4) is 0 Å². The Bertz CT molecular complexity index is 187. The number of carbonyl (C=O) groups is 1. The van der Waals surface area contributed by atoms with Gasteiger partial charge in [0.15, 0.2) is 0 Å². The fraction of sp³-hybridized carbons (Fsp3) is 0.750. The van der Waals surface area contributed by atoms with Gasteiger partial charge in [-0.2, -0.15) is 0 Å². The van der Waals surface area contributed by atoms with Crippen LogP contribution in [0.15, 0.2) is 12.2 Å². The second-order valence-electron chi connectivity index (χ2n) is 3.81. The van der Waals surface area contributed by atoms with E-state index in [0.717, 1.165) is 12.8 Å². The molecular formula is C12H22O3. The Hall–Kier alpha value is -0.830. The number of unbranched alkanes of at least 4 members (excludes halogenated alkanes) is 3. The highest BCUT2D eigenvalue weighted by atomic mass is 16.4. The van der Waals surface area contributed by atoms with Crippen LogP contribution in [0.1, 0.15) is 51.9 Å². The molecule has 0 unspecified atom stereocenters. The number of rotatable bonds is 9. The van der Waals surface area contributed by atoms with Gasteiger partial charge in [0.25, 0.3) is 0 Å². The first-order chi connectivity index (χ1) is 7.16. The normalized spacial score (nSPS) is 13.2. The van der Waals surface area contributed by atoms with Crippen LogP contribution in [0.4, 0.5) is 0 Å². The largest absolute Gasteiger partial charge is 0.481 e. The Morgan fingerprint density at radius 1 is 1.27 bits per heavy atom. The standard InChI is InChI=1S/C12H22O3/c1-2-3-4-5-8-11(13)9-6-7-10-12(14)15/h6-7,11,13H,2-5,8-10H2,1H3,(H,14,15)/b7-6+/t11-/m1/s1. The molecule has 0 aliphatic rings. The fourth-order valence-electron chi connectivity index (χ4n) is 1.36. The highest BCUT2D eigenvalue weighted by Crippen LogP contribution is 2.08. The van der Waals surface area contributed by atoms with Crippen LogP contribution >= 0.6 is 0 Å². The summed E-state index contributed by atoms with van der Waals surface area (Å²) in [4.78, 5) is 10.2. The zero-order valence-electron chi connectivity index (χ0n) is 9.48. The third-order valence-corrected chi connectivity index (χ3v) is 2.26. The highest BCUT2D eigenvalue weighted by molar-refractivity contribution is 5.68. The molecule has 15 heavy (non-hydrogen) atoms. The topological polar surface area (TPSA) is 57.5 Å². The Kier molecular flexibility index (Phi) is 9.18. The number of carboxylic acids is 1. The van der Waals surface area contributed by atoms with E-state index in [0.29, 0.717) is 6.42 Å². The summed E-state index contributed by atoms with van der Waals surface area (Å²) in [6, 6.07) is 0. The molecule has 0 radical (unpaired) electrons. The SMILES string of the molecule is CCCCCC[C@@H](O)C/C=C/CC(=O)O. The molecule has 0 heterocycles. The second-order valence-corrected chi connectivity index (χ2v) is 3.81. The van der Waals surface area contributed by atoms with Crippen molar-refractivity contribution < 1.29 is 15.0 Å². The first-order valence-corrected chi connectivity index (χ1v) is 5.71. The van der Waals surface area contributed by atoms with Crippen LogP contribution in [-0.2, 0) is 4.79 Å². The maximum atomic E-state index is 10.2. The van der Waals surface area contributed by atoms with Crippen molar-refractivity contribution in [2.75, 3.05) is 0 Å². The predicted octanol–water partition coefficient (Wildman–Crippen LogP) is 2.74. The van der Waals surface area contributed by atoms with Gasteiger partial charge in [-0.05, 0) is 12.8 Å². The maximum absolute atomic E-state index is 10.2. The monoisotopic (exact) mass is 214 g/mol. The quantitative estimate of drug-likeness (QED) is 0.458. The molecule has 0 fully saturated rings. The highest BCUT2D eigenvalue weighted by Gasteiger charge is 2.00. The van der Waals surface area contributed by atoms with E-state index in [1.807, 2.05) is 0 Å². The molecule has 0 aliphatic carbocycles. The summed E-state index contributed by atoms with van der Waals surface area (Å²) in [5.74, 6) is -0.830. The van der Waals surface area contributed by atoms with Crippen LogP contribution in [-0.4, -0.2) is 22.3 Å². The van der Waals surface area contributed by atoms with Crippen molar-refractivity contribution in [3.05, 3.63) is 12.2 Å². The Morgan fingerprint density at radius 2 is 2.00 bits per heavy atom. The molecule has 0 bridgehead atoms. The van der Waals surface area contributed by atoms with Crippen LogP contribution in [0.25, 0.3) is 0 Å². The fourth-order valence-corrected chi connectivity index (χ4v) is 1.36. The molecule has 0 aromatic rings. The van der Waals surface area contributed by atoms with Crippen LogP contribution in [0.5, 0.6) is 0 Å². The van der Waals surface area contributed by atoms with Crippen molar-refractivity contribution in [2.45, 2.75) is 58.0 Å². The van der Waals surface area contributed by atoms with Gasteiger partial charge in [-0.1, -0.05) is 44.8 Å². The molecule has 3 heteroatoms. The molecule has 0 aromatic carbocycles. The number of aliphatic hydroxyl groups is 1. The Morgan fingerprint density at radius 3 is 2.60 bits per heavy atom. The van der Waals surface area contributed by atoms with Gasteiger partial charge in [-0.25, -0.2) is 0 Å². The lowest BCUT2D eigenvalue weighted by atomic mass is 10.1. The summed E-state index contributed by atoms with van der Waals surface area (Å²) in [6.07, 6.45) is 9.12. The lowest BCUT2D eigenvalue weighted by molar-refractivity contribution is -0.136. The summed E-state index contributed by atoms with van der Waals surface area (Å²) in [7, 11) is 0. The smallest absolute Gasteiger partial charge is 0.307 e. The summed E-state index contributed by atoms with van der Waals surface area (Å²) in [6.45, 7) is 2.16. The van der Waals surface area contributed by atoms with E-state index in [-0.39, 0.29) is 12.5 Å². The van der Waals surface area contributed by atoms with Crippen LogP contribution < -0.4 is 0 Å². The van der Waals surface area contributed by atoms with Gasteiger partial charge < -0.3 is 10.2 Å². The van der Waals surface area contributed by atoms with E-state index in [9.17, 15) is 9.90 Å². The second kappa shape index (κ2) is 9.71. The third kappa shape index (κ3) is 11.1. The van der Waals surface area contributed by atoms with Crippen molar-refractivity contribution >= 4 is 5.97 Å². The molecule has 0 aliphatic heterocycles. The molecule has 3 nitrogen and oxygen atoms in total. The minimum Gasteiger partial charge on any atom is -0.481 e. The van der Waals surface area contributed by atoms with Crippen LogP contribution in [0.2, 0.25) is 0 Å². The molecule has 0 saturated carbocycles. The van der Waals surface area contributed by atoms with Crippen LogP contribution in [0, 0.1) is 0 Å². The number of aliphatic carboxylic acids is 1. The molecule has 0 saturated heterocycles. The molecular weight excluding hydrogens is 192 g/mol. The predicted molar refractivity (Wildman–Crippen MR) is 60.8 cm³/mol. The lowest BCUT2D eigenvalue weighted by Gasteiger charge is -2.06. The Labute approximate surface area is 91.8 Å². The molecule has 0 rings (SSSR count). The van der Waals surface area contributed by atoms with Crippen molar-refractivity contribution in [3.63, 3.8) is 0 Å². The van der Waals surface area contributed by atoms with E-state index >= 15 is 0 Å². The third-order valence-electron chi connectivity index (χ3n) is 2.26. The number of hydrogen-bond donors (Lipinski definition) is 2. The van der Waals surface area contributed by atoms with Gasteiger partial charge in [0.05, 0.1) is 12.5 Å². The first kappa shape index (κ1) is 14.2. The summed E-state index contributed by atoms with van der Waals surface area (Å²) in [5.41, 5.74) is 0. The van der Waals surface area contributed by atoms with Gasteiger partial charge in [-0.3, -0.25) is 4.79 Å². The average molecular weight is 214 g/mol. The zero-order valence-corrected chi connectivity index (χ0v) is 9.48. The van der Waals surface area contributed by atoms with E-state index in [4.69, 9.17) is 5.11 Å². The first-order valence-electron chi connectivity index (χ1n) is 5.71. The van der Waals surface area contributed by atoms with Crippen molar-refractivity contribution in [2.24, 2.45) is 0 Å². The van der Waals surface area contributed by atoms with E-state index in [2.05, 4.69) is 6.92 Å². The lowest BCUT2D eigenvalue weighted by Crippen LogP contribution is -2.04. The molecule has 0 aromatic heterocycles. The molecule has 2 N–H and O–H groups in total. The Balaban J connectivity index is 3.36. The van der Waals surface area contributed by atoms with Gasteiger partial charge in [0, 0.05) is 0 Å². The van der Waals surface area contributed by atoms with Crippen molar-refractivity contribution in [1.29, 1.82) is 0 Å². The van der Waals surface area contributed by atoms with Crippen LogP contribution in [0.3, 0.4) is 0 Å².